The SMILES string of the molecule is CC1CC(C)S1. The van der Waals surface area contributed by atoms with Crippen LogP contribution >= 0.6 is 11.8 Å². The summed E-state index contributed by atoms with van der Waals surface area (Å²) in [6.07, 6.45) is 1.44. The molecule has 1 aliphatic heterocycles. The molecule has 0 aromatic heterocycles. The van der Waals surface area contributed by atoms with Gasteiger partial charge in [-0.2, -0.15) is 11.8 Å². The fourth-order valence-electron chi connectivity index (χ4n) is 0.853. The highest BCUT2D eigenvalue weighted by Crippen LogP contribution is 2.34. The zero-order valence-corrected chi connectivity index (χ0v) is 5.09. The first-order chi connectivity index (χ1) is 2.79. The van der Waals surface area contributed by atoms with E-state index in [1.807, 2.05) is 0 Å². The van der Waals surface area contributed by atoms with Crippen molar-refractivity contribution >= 4 is 11.8 Å². The number of thioether (sulfide) groups is 1. The fourth-order valence-corrected chi connectivity index (χ4v) is 2.09. The van der Waals surface area contributed by atoms with Crippen molar-refractivity contribution in [2.24, 2.45) is 0 Å². The van der Waals surface area contributed by atoms with Gasteiger partial charge in [-0.05, 0) is 6.42 Å². The second-order valence-electron chi connectivity index (χ2n) is 1.99. The molecule has 1 saturated heterocycles. The van der Waals surface area contributed by atoms with Gasteiger partial charge in [-0.15, -0.1) is 0 Å². The molecule has 0 spiro atoms. The fraction of sp³-hybridized carbons (Fsp3) is 1.00. The average molecular weight is 102 g/mol. The molecule has 0 nitrogen and oxygen atoms in total. The monoisotopic (exact) mass is 102 g/mol. The summed E-state index contributed by atoms with van der Waals surface area (Å²) in [5.74, 6) is 0. The van der Waals surface area contributed by atoms with E-state index in [0.29, 0.717) is 0 Å². The summed E-state index contributed by atoms with van der Waals surface area (Å²) in [6, 6.07) is 0. The Kier molecular flexibility index (Phi) is 1.09. The first-order valence-corrected chi connectivity index (χ1v) is 3.39. The highest BCUT2D eigenvalue weighted by Gasteiger charge is 2.20. The predicted octanol–water partition coefficient (Wildman–Crippen LogP) is 1.90. The van der Waals surface area contributed by atoms with Crippen molar-refractivity contribution in [1.82, 2.24) is 0 Å². The lowest BCUT2D eigenvalue weighted by Gasteiger charge is -2.28. The zero-order valence-electron chi connectivity index (χ0n) is 4.27. The molecule has 0 aromatic rings. The molecule has 0 N–H and O–H groups in total. The molecule has 36 valence electrons. The van der Waals surface area contributed by atoms with Gasteiger partial charge in [0.15, 0.2) is 0 Å². The topological polar surface area (TPSA) is 0 Å². The molecule has 0 aromatic carbocycles. The van der Waals surface area contributed by atoms with Crippen molar-refractivity contribution in [2.45, 2.75) is 30.8 Å². The van der Waals surface area contributed by atoms with Gasteiger partial charge in [-0.25, -0.2) is 0 Å². The summed E-state index contributed by atoms with van der Waals surface area (Å²) in [5, 5.41) is 1.92. The molecule has 2 unspecified atom stereocenters. The zero-order chi connectivity index (χ0) is 4.57. The van der Waals surface area contributed by atoms with Gasteiger partial charge in [0.1, 0.15) is 0 Å². The number of hydrogen-bond acceptors (Lipinski definition) is 1. The lowest BCUT2D eigenvalue weighted by molar-refractivity contribution is 0.740. The quantitative estimate of drug-likeness (QED) is 0.450. The van der Waals surface area contributed by atoms with E-state index in [9.17, 15) is 0 Å². The predicted molar refractivity (Wildman–Crippen MR) is 31.1 cm³/mol. The molecular weight excluding hydrogens is 92.1 g/mol. The molecule has 0 radical (unpaired) electrons. The molecule has 6 heavy (non-hydrogen) atoms. The highest BCUT2D eigenvalue weighted by atomic mass is 32.2. The van der Waals surface area contributed by atoms with Crippen LogP contribution in [0.5, 0.6) is 0 Å². The van der Waals surface area contributed by atoms with Crippen LogP contribution in [0, 0.1) is 0 Å². The molecular formula is C5H10S. The van der Waals surface area contributed by atoms with E-state index in [2.05, 4.69) is 25.6 Å². The van der Waals surface area contributed by atoms with E-state index in [-0.39, 0.29) is 0 Å². The van der Waals surface area contributed by atoms with Crippen LogP contribution in [0.1, 0.15) is 20.3 Å². The second-order valence-corrected chi connectivity index (χ2v) is 3.87. The van der Waals surface area contributed by atoms with E-state index in [1.54, 1.807) is 0 Å². The van der Waals surface area contributed by atoms with Crippen LogP contribution in [0.2, 0.25) is 0 Å². The summed E-state index contributed by atoms with van der Waals surface area (Å²) in [7, 11) is 0. The molecule has 1 heterocycles. The van der Waals surface area contributed by atoms with E-state index in [1.165, 1.54) is 6.42 Å². The van der Waals surface area contributed by atoms with E-state index < -0.39 is 0 Å². The van der Waals surface area contributed by atoms with Crippen LogP contribution < -0.4 is 0 Å². The Labute approximate surface area is 43.3 Å². The van der Waals surface area contributed by atoms with Crippen molar-refractivity contribution in [2.75, 3.05) is 0 Å². The Morgan fingerprint density at radius 2 is 1.67 bits per heavy atom. The van der Waals surface area contributed by atoms with E-state index in [4.69, 9.17) is 0 Å². The van der Waals surface area contributed by atoms with Crippen LogP contribution in [0.4, 0.5) is 0 Å². The number of rotatable bonds is 0. The molecule has 0 amide bonds. The maximum Gasteiger partial charge on any atom is 0.00318 e. The standard InChI is InChI=1S/C5H10S/c1-4-3-5(2)6-4/h4-5H,3H2,1-2H3. The van der Waals surface area contributed by atoms with Crippen LogP contribution in [-0.2, 0) is 0 Å². The first kappa shape index (κ1) is 4.51. The molecule has 1 heteroatoms. The van der Waals surface area contributed by atoms with E-state index >= 15 is 0 Å². The summed E-state index contributed by atoms with van der Waals surface area (Å²) in [6.45, 7) is 4.56. The molecule has 0 aliphatic carbocycles. The van der Waals surface area contributed by atoms with Crippen molar-refractivity contribution < 1.29 is 0 Å². The largest absolute Gasteiger partial charge is 0.156 e. The summed E-state index contributed by atoms with van der Waals surface area (Å²) in [5.41, 5.74) is 0. The summed E-state index contributed by atoms with van der Waals surface area (Å²) in [4.78, 5) is 0. The second kappa shape index (κ2) is 1.45. The molecule has 1 rings (SSSR count). The van der Waals surface area contributed by atoms with Gasteiger partial charge in [0.2, 0.25) is 0 Å². The Hall–Kier alpha value is 0.350. The van der Waals surface area contributed by atoms with Gasteiger partial charge in [0, 0.05) is 10.5 Å². The van der Waals surface area contributed by atoms with Crippen molar-refractivity contribution in [3.05, 3.63) is 0 Å². The molecule has 2 atom stereocenters. The van der Waals surface area contributed by atoms with Gasteiger partial charge < -0.3 is 0 Å². The summed E-state index contributed by atoms with van der Waals surface area (Å²) < 4.78 is 0. The van der Waals surface area contributed by atoms with Gasteiger partial charge in [0.25, 0.3) is 0 Å². The van der Waals surface area contributed by atoms with Crippen LogP contribution in [0.15, 0.2) is 0 Å². The van der Waals surface area contributed by atoms with E-state index in [0.717, 1.165) is 10.5 Å². The maximum absolute atomic E-state index is 2.28. The third-order valence-corrected chi connectivity index (χ3v) is 2.44. The molecule has 1 aliphatic rings. The summed E-state index contributed by atoms with van der Waals surface area (Å²) >= 11 is 2.08. The minimum Gasteiger partial charge on any atom is -0.156 e. The van der Waals surface area contributed by atoms with Gasteiger partial charge in [-0.3, -0.25) is 0 Å². The third kappa shape index (κ3) is 0.700. The van der Waals surface area contributed by atoms with Crippen molar-refractivity contribution in [1.29, 1.82) is 0 Å². The minimum atomic E-state index is 0.958. The molecule has 0 bridgehead atoms. The Balaban J connectivity index is 2.11. The van der Waals surface area contributed by atoms with Crippen LogP contribution in [0.3, 0.4) is 0 Å². The smallest absolute Gasteiger partial charge is 0.00318 e. The maximum atomic E-state index is 2.28. The molecule has 1 fully saturated rings. The Morgan fingerprint density at radius 1 is 1.33 bits per heavy atom. The van der Waals surface area contributed by atoms with Crippen molar-refractivity contribution in [3.63, 3.8) is 0 Å². The lowest BCUT2D eigenvalue weighted by atomic mass is 10.2. The van der Waals surface area contributed by atoms with Crippen LogP contribution in [0.25, 0.3) is 0 Å². The Morgan fingerprint density at radius 3 is 1.67 bits per heavy atom. The van der Waals surface area contributed by atoms with Crippen LogP contribution in [-0.4, -0.2) is 10.5 Å². The lowest BCUT2D eigenvalue weighted by Crippen LogP contribution is -2.19. The van der Waals surface area contributed by atoms with Gasteiger partial charge >= 0.3 is 0 Å². The van der Waals surface area contributed by atoms with Gasteiger partial charge in [0.05, 0.1) is 0 Å². The number of hydrogen-bond donors (Lipinski definition) is 0. The average Bonchev–Trinajstić information content (AvgIpc) is 1.33. The molecule has 0 saturated carbocycles. The first-order valence-electron chi connectivity index (χ1n) is 2.44. The van der Waals surface area contributed by atoms with Crippen molar-refractivity contribution in [3.8, 4) is 0 Å². The Bertz CT molecular complexity index is 39.9. The third-order valence-electron chi connectivity index (χ3n) is 1.13. The highest BCUT2D eigenvalue weighted by molar-refractivity contribution is 8.01. The van der Waals surface area contributed by atoms with Gasteiger partial charge in [-0.1, -0.05) is 13.8 Å². The minimum absolute atomic E-state index is 0.958. The normalized spacial score (nSPS) is 45.0.